The molecule has 0 radical (unpaired) electrons. The summed E-state index contributed by atoms with van der Waals surface area (Å²) in [5.41, 5.74) is 0.866. The highest BCUT2D eigenvalue weighted by molar-refractivity contribution is 6.53. The Kier molecular flexibility index (Phi) is 3.58. The van der Waals surface area contributed by atoms with E-state index in [1.807, 2.05) is 19.1 Å². The molecule has 4 heteroatoms. The third-order valence-electron chi connectivity index (χ3n) is 1.48. The average molecular weight is 219 g/mol. The van der Waals surface area contributed by atoms with E-state index in [4.69, 9.17) is 27.9 Å². The molecule has 0 saturated carbocycles. The van der Waals surface area contributed by atoms with Gasteiger partial charge in [0.1, 0.15) is 5.75 Å². The maximum absolute atomic E-state index is 11.0. The van der Waals surface area contributed by atoms with Crippen LogP contribution in [0.5, 0.6) is 5.75 Å². The van der Waals surface area contributed by atoms with Gasteiger partial charge in [0.15, 0.2) is 0 Å². The van der Waals surface area contributed by atoms with Crippen LogP contribution in [0.3, 0.4) is 0 Å². The maximum Gasteiger partial charge on any atom is 0.344 e. The molecule has 0 heterocycles. The van der Waals surface area contributed by atoms with Crippen molar-refractivity contribution in [3.63, 3.8) is 0 Å². The van der Waals surface area contributed by atoms with Crippen LogP contribution in [0.4, 0.5) is 0 Å². The Hall–Kier alpha value is -0.730. The lowest BCUT2D eigenvalue weighted by Gasteiger charge is -2.06. The first kappa shape index (κ1) is 10.4. The predicted octanol–water partition coefficient (Wildman–Crippen LogP) is 2.70. The van der Waals surface area contributed by atoms with Crippen LogP contribution < -0.4 is 4.74 Å². The molecule has 0 spiro atoms. The standard InChI is InChI=1S/C9H8Cl2O2/c1-6-4-2-3-5-7(6)13-9(12)8(10)11/h2-5,8H,1H3. The molecule has 0 aliphatic carbocycles. The highest BCUT2D eigenvalue weighted by Crippen LogP contribution is 2.18. The van der Waals surface area contributed by atoms with Gasteiger partial charge in [-0.3, -0.25) is 0 Å². The summed E-state index contributed by atoms with van der Waals surface area (Å²) >= 11 is 10.6. The Bertz CT molecular complexity index is 310. The normalized spacial score (nSPS) is 10.2. The number of para-hydroxylation sites is 1. The van der Waals surface area contributed by atoms with Crippen LogP contribution in [0.2, 0.25) is 0 Å². The minimum absolute atomic E-state index is 0.485. The van der Waals surface area contributed by atoms with E-state index in [0.29, 0.717) is 5.75 Å². The summed E-state index contributed by atoms with van der Waals surface area (Å²) < 4.78 is 4.90. The Morgan fingerprint density at radius 3 is 2.54 bits per heavy atom. The SMILES string of the molecule is Cc1ccccc1OC(=O)C(Cl)Cl. The van der Waals surface area contributed by atoms with E-state index in [0.717, 1.165) is 5.56 Å². The van der Waals surface area contributed by atoms with Gasteiger partial charge in [-0.2, -0.15) is 0 Å². The topological polar surface area (TPSA) is 26.3 Å². The predicted molar refractivity (Wildman–Crippen MR) is 52.3 cm³/mol. The van der Waals surface area contributed by atoms with E-state index in [9.17, 15) is 4.79 Å². The monoisotopic (exact) mass is 218 g/mol. The zero-order valence-electron chi connectivity index (χ0n) is 6.96. The lowest BCUT2D eigenvalue weighted by molar-refractivity contribution is -0.132. The number of rotatable bonds is 2. The highest BCUT2D eigenvalue weighted by atomic mass is 35.5. The molecule has 0 N–H and O–H groups in total. The Labute approximate surface area is 86.4 Å². The molecule has 0 aliphatic rings. The quantitative estimate of drug-likeness (QED) is 0.434. The number of hydrogen-bond acceptors (Lipinski definition) is 2. The number of halogens is 2. The molecule has 0 amide bonds. The first-order valence-corrected chi connectivity index (χ1v) is 4.54. The van der Waals surface area contributed by atoms with Crippen LogP contribution in [0.1, 0.15) is 5.56 Å². The van der Waals surface area contributed by atoms with Gasteiger partial charge in [-0.1, -0.05) is 41.4 Å². The number of hydrogen-bond donors (Lipinski definition) is 0. The Balaban J connectivity index is 2.75. The molecule has 0 unspecified atom stereocenters. The molecular formula is C9H8Cl2O2. The molecule has 1 aromatic rings. The van der Waals surface area contributed by atoms with Crippen LogP contribution in [-0.4, -0.2) is 10.8 Å². The van der Waals surface area contributed by atoms with Crippen molar-refractivity contribution in [2.24, 2.45) is 0 Å². The van der Waals surface area contributed by atoms with E-state index in [-0.39, 0.29) is 0 Å². The van der Waals surface area contributed by atoms with Crippen LogP contribution in [0.25, 0.3) is 0 Å². The first-order chi connectivity index (χ1) is 6.11. The third kappa shape index (κ3) is 2.90. The number of ether oxygens (including phenoxy) is 1. The zero-order chi connectivity index (χ0) is 9.84. The van der Waals surface area contributed by atoms with Crippen molar-refractivity contribution in [1.82, 2.24) is 0 Å². The molecule has 0 fully saturated rings. The highest BCUT2D eigenvalue weighted by Gasteiger charge is 2.14. The van der Waals surface area contributed by atoms with Gasteiger partial charge in [0, 0.05) is 0 Å². The van der Waals surface area contributed by atoms with Crippen LogP contribution in [0.15, 0.2) is 24.3 Å². The Morgan fingerprint density at radius 1 is 1.38 bits per heavy atom. The summed E-state index contributed by atoms with van der Waals surface area (Å²) in [7, 11) is 0. The lowest BCUT2D eigenvalue weighted by atomic mass is 10.2. The summed E-state index contributed by atoms with van der Waals surface area (Å²) in [6.07, 6.45) is 0. The van der Waals surface area contributed by atoms with Gasteiger partial charge in [-0.15, -0.1) is 0 Å². The molecule has 13 heavy (non-hydrogen) atoms. The molecule has 70 valence electrons. The van der Waals surface area contributed by atoms with E-state index in [1.165, 1.54) is 0 Å². The smallest absolute Gasteiger partial charge is 0.344 e. The summed E-state index contributed by atoms with van der Waals surface area (Å²) in [6, 6.07) is 7.14. The average Bonchev–Trinajstić information content (AvgIpc) is 2.08. The minimum atomic E-state index is -1.14. The summed E-state index contributed by atoms with van der Waals surface area (Å²) in [5, 5.41) is 0. The largest absolute Gasteiger partial charge is 0.424 e. The maximum atomic E-state index is 11.0. The molecule has 0 aliphatic heterocycles. The van der Waals surface area contributed by atoms with Gasteiger partial charge >= 0.3 is 5.97 Å². The third-order valence-corrected chi connectivity index (χ3v) is 1.84. The number of aryl methyl sites for hydroxylation is 1. The van der Waals surface area contributed by atoms with Crippen molar-refractivity contribution in [1.29, 1.82) is 0 Å². The van der Waals surface area contributed by atoms with E-state index < -0.39 is 10.8 Å². The van der Waals surface area contributed by atoms with Gasteiger partial charge in [0.25, 0.3) is 0 Å². The van der Waals surface area contributed by atoms with Crippen LogP contribution >= 0.6 is 23.2 Å². The van der Waals surface area contributed by atoms with E-state index in [1.54, 1.807) is 12.1 Å². The van der Waals surface area contributed by atoms with Gasteiger partial charge < -0.3 is 4.74 Å². The van der Waals surface area contributed by atoms with E-state index >= 15 is 0 Å². The molecule has 2 nitrogen and oxygen atoms in total. The van der Waals surface area contributed by atoms with Crippen molar-refractivity contribution in [2.45, 2.75) is 11.8 Å². The molecule has 1 aromatic carbocycles. The fourth-order valence-corrected chi connectivity index (χ4v) is 0.913. The first-order valence-electron chi connectivity index (χ1n) is 3.66. The van der Waals surface area contributed by atoms with Crippen LogP contribution in [-0.2, 0) is 4.79 Å². The molecule has 0 saturated heterocycles. The number of carbonyl (C=O) groups is 1. The van der Waals surface area contributed by atoms with Crippen molar-refractivity contribution >= 4 is 29.2 Å². The summed E-state index contributed by atoms with van der Waals surface area (Å²) in [5.74, 6) is -0.170. The van der Waals surface area contributed by atoms with Gasteiger partial charge in [-0.25, -0.2) is 4.79 Å². The van der Waals surface area contributed by atoms with Gasteiger partial charge in [0.2, 0.25) is 4.84 Å². The second kappa shape index (κ2) is 4.49. The fraction of sp³-hybridized carbons (Fsp3) is 0.222. The molecular weight excluding hydrogens is 211 g/mol. The summed E-state index contributed by atoms with van der Waals surface area (Å²) in [6.45, 7) is 1.83. The minimum Gasteiger partial charge on any atom is -0.424 e. The van der Waals surface area contributed by atoms with Crippen molar-refractivity contribution < 1.29 is 9.53 Å². The van der Waals surface area contributed by atoms with Crippen molar-refractivity contribution in [3.8, 4) is 5.75 Å². The number of benzene rings is 1. The van der Waals surface area contributed by atoms with Gasteiger partial charge in [-0.05, 0) is 18.6 Å². The fourth-order valence-electron chi connectivity index (χ4n) is 0.824. The molecule has 0 aromatic heterocycles. The van der Waals surface area contributed by atoms with E-state index in [2.05, 4.69) is 0 Å². The number of esters is 1. The van der Waals surface area contributed by atoms with Crippen LogP contribution in [0, 0.1) is 6.92 Å². The lowest BCUT2D eigenvalue weighted by Crippen LogP contribution is -2.15. The molecule has 0 bridgehead atoms. The second-order valence-corrected chi connectivity index (χ2v) is 3.58. The van der Waals surface area contributed by atoms with Crippen molar-refractivity contribution in [2.75, 3.05) is 0 Å². The number of alkyl halides is 2. The van der Waals surface area contributed by atoms with Gasteiger partial charge in [0.05, 0.1) is 0 Å². The van der Waals surface area contributed by atoms with Crippen molar-refractivity contribution in [3.05, 3.63) is 29.8 Å². The Morgan fingerprint density at radius 2 is 2.00 bits per heavy atom. The second-order valence-electron chi connectivity index (χ2n) is 2.49. The number of carbonyl (C=O) groups excluding carboxylic acids is 1. The molecule has 0 atom stereocenters. The summed E-state index contributed by atoms with van der Waals surface area (Å²) in [4.78, 5) is 9.84. The zero-order valence-corrected chi connectivity index (χ0v) is 8.47. The molecule has 1 rings (SSSR count).